The Labute approximate surface area is 140 Å². The summed E-state index contributed by atoms with van der Waals surface area (Å²) in [6.07, 6.45) is 7.41. The van der Waals surface area contributed by atoms with Gasteiger partial charge in [-0.05, 0) is 53.7 Å². The first-order chi connectivity index (χ1) is 11.8. The van der Waals surface area contributed by atoms with E-state index >= 15 is 0 Å². The van der Waals surface area contributed by atoms with Crippen molar-refractivity contribution in [2.45, 2.75) is 31.7 Å². The second kappa shape index (κ2) is 5.51. The van der Waals surface area contributed by atoms with E-state index in [-0.39, 0.29) is 5.91 Å². The number of amides is 1. The smallest absolute Gasteiger partial charge is 0.255 e. The third-order valence-electron chi connectivity index (χ3n) is 6.21. The molecule has 0 radical (unpaired) electrons. The number of fused-ring (bicyclic) bond motifs is 3. The van der Waals surface area contributed by atoms with Crippen molar-refractivity contribution in [2.75, 3.05) is 26.2 Å². The number of pyridine rings is 1. The lowest BCUT2D eigenvalue weighted by Crippen LogP contribution is -2.53. The molecule has 2 saturated carbocycles. The van der Waals surface area contributed by atoms with Gasteiger partial charge in [0.05, 0.1) is 5.56 Å². The zero-order valence-electron chi connectivity index (χ0n) is 13.7. The number of nitrogens with zero attached hydrogens (tertiary/aromatic N) is 6. The topological polar surface area (TPSA) is 66.6 Å². The number of tetrazole rings is 1. The average molecular weight is 326 g/mol. The third-order valence-corrected chi connectivity index (χ3v) is 6.21. The molecule has 0 unspecified atom stereocenters. The van der Waals surface area contributed by atoms with Crippen molar-refractivity contribution in [3.63, 3.8) is 0 Å². The fraction of sp³-hybridized carbons (Fsp3) is 0.647. The largest absolute Gasteiger partial charge is 0.336 e. The minimum Gasteiger partial charge on any atom is -0.336 e. The molecular weight excluding hydrogens is 304 g/mol. The van der Waals surface area contributed by atoms with E-state index in [1.54, 1.807) is 16.8 Å². The van der Waals surface area contributed by atoms with Crippen LogP contribution in [-0.2, 0) is 0 Å². The van der Waals surface area contributed by atoms with E-state index in [9.17, 15) is 4.79 Å². The summed E-state index contributed by atoms with van der Waals surface area (Å²) in [5.74, 6) is 1.97. The molecule has 2 aromatic rings. The Kier molecular flexibility index (Phi) is 3.29. The minimum absolute atomic E-state index is 0.0833. The van der Waals surface area contributed by atoms with E-state index in [0.29, 0.717) is 11.2 Å². The van der Waals surface area contributed by atoms with Crippen molar-refractivity contribution < 1.29 is 4.79 Å². The number of hydrogen-bond acceptors (Lipinski definition) is 5. The van der Waals surface area contributed by atoms with Gasteiger partial charge in [-0.2, -0.15) is 4.52 Å². The molecule has 1 aliphatic heterocycles. The Hall–Kier alpha value is -2.02. The summed E-state index contributed by atoms with van der Waals surface area (Å²) >= 11 is 0. The van der Waals surface area contributed by atoms with Crippen molar-refractivity contribution in [3.8, 4) is 0 Å². The second-order valence-corrected chi connectivity index (χ2v) is 7.47. The van der Waals surface area contributed by atoms with Crippen molar-refractivity contribution >= 4 is 11.6 Å². The van der Waals surface area contributed by atoms with E-state index in [0.717, 1.165) is 44.1 Å². The van der Waals surface area contributed by atoms with Crippen LogP contribution in [0.1, 0.15) is 36.0 Å². The van der Waals surface area contributed by atoms with Gasteiger partial charge in [0.1, 0.15) is 0 Å². The number of piperazine rings is 1. The lowest BCUT2D eigenvalue weighted by Gasteiger charge is -2.41. The molecule has 2 aliphatic carbocycles. The van der Waals surface area contributed by atoms with Gasteiger partial charge in [-0.15, -0.1) is 5.10 Å². The fourth-order valence-electron chi connectivity index (χ4n) is 4.97. The maximum atomic E-state index is 12.7. The number of rotatable bonds is 2. The zero-order chi connectivity index (χ0) is 16.1. The molecule has 1 amide bonds. The molecule has 3 aliphatic rings. The van der Waals surface area contributed by atoms with Crippen molar-refractivity contribution in [1.82, 2.24) is 29.8 Å². The van der Waals surface area contributed by atoms with Crippen LogP contribution in [0.15, 0.2) is 18.3 Å². The minimum atomic E-state index is 0.0833. The summed E-state index contributed by atoms with van der Waals surface area (Å²) in [6.45, 7) is 3.65. The Morgan fingerprint density at radius 1 is 1.08 bits per heavy atom. The monoisotopic (exact) mass is 326 g/mol. The molecule has 0 aromatic carbocycles. The van der Waals surface area contributed by atoms with Gasteiger partial charge < -0.3 is 4.90 Å². The molecule has 1 saturated heterocycles. The lowest BCUT2D eigenvalue weighted by molar-refractivity contribution is 0.0495. The summed E-state index contributed by atoms with van der Waals surface area (Å²) in [5.41, 5.74) is 1.32. The maximum absolute atomic E-state index is 12.7. The SMILES string of the molecule is O=C(c1ccc2nnnn2c1)N1CCN([C@H]2C[C@H]3CC[C@H]2C3)CC1. The van der Waals surface area contributed by atoms with Crippen molar-refractivity contribution in [1.29, 1.82) is 0 Å². The predicted octanol–water partition coefficient (Wildman–Crippen LogP) is 1.07. The summed E-state index contributed by atoms with van der Waals surface area (Å²) in [6, 6.07) is 4.38. The summed E-state index contributed by atoms with van der Waals surface area (Å²) in [4.78, 5) is 17.4. The quantitative estimate of drug-likeness (QED) is 0.826. The first-order valence-electron chi connectivity index (χ1n) is 8.99. The van der Waals surface area contributed by atoms with Crippen LogP contribution in [0.4, 0.5) is 0 Å². The van der Waals surface area contributed by atoms with E-state index in [1.165, 1.54) is 25.7 Å². The standard InChI is InChI=1S/C17H22N6O/c24-17(14-3-4-16-18-19-20-23(16)11-14)22-7-5-21(6-8-22)15-10-12-1-2-13(15)9-12/h3-4,11-13,15H,1-2,5-10H2/t12-,13-,15-/m0/s1. The zero-order valence-corrected chi connectivity index (χ0v) is 13.7. The van der Waals surface area contributed by atoms with Gasteiger partial charge in [0.15, 0.2) is 5.65 Å². The molecule has 2 aromatic heterocycles. The van der Waals surface area contributed by atoms with Gasteiger partial charge in [-0.25, -0.2) is 0 Å². The summed E-state index contributed by atoms with van der Waals surface area (Å²) in [5, 5.41) is 11.4. The van der Waals surface area contributed by atoms with E-state index in [1.807, 2.05) is 11.0 Å². The summed E-state index contributed by atoms with van der Waals surface area (Å²) < 4.78 is 1.55. The Morgan fingerprint density at radius 3 is 2.71 bits per heavy atom. The van der Waals surface area contributed by atoms with Crippen LogP contribution in [0.25, 0.3) is 5.65 Å². The highest BCUT2D eigenvalue weighted by Gasteiger charge is 2.42. The van der Waals surface area contributed by atoms with Crippen LogP contribution in [-0.4, -0.2) is 68.0 Å². The Bertz CT molecular complexity index is 765. The molecule has 0 spiro atoms. The van der Waals surface area contributed by atoms with E-state index < -0.39 is 0 Å². The fourth-order valence-corrected chi connectivity index (χ4v) is 4.97. The predicted molar refractivity (Wildman–Crippen MR) is 87.5 cm³/mol. The molecule has 7 nitrogen and oxygen atoms in total. The van der Waals surface area contributed by atoms with Gasteiger partial charge in [-0.1, -0.05) is 6.42 Å². The highest BCUT2D eigenvalue weighted by molar-refractivity contribution is 5.94. The van der Waals surface area contributed by atoms with Crippen molar-refractivity contribution in [3.05, 3.63) is 23.9 Å². The molecule has 3 atom stereocenters. The molecule has 7 heteroatoms. The lowest BCUT2D eigenvalue weighted by atomic mass is 9.93. The van der Waals surface area contributed by atoms with Gasteiger partial charge in [0.2, 0.25) is 0 Å². The van der Waals surface area contributed by atoms with Gasteiger partial charge >= 0.3 is 0 Å². The molecule has 0 N–H and O–H groups in total. The van der Waals surface area contributed by atoms with Gasteiger partial charge in [0, 0.05) is 38.4 Å². The Balaban J connectivity index is 1.25. The van der Waals surface area contributed by atoms with Crippen LogP contribution >= 0.6 is 0 Å². The number of carbonyl (C=O) groups is 1. The first kappa shape index (κ1) is 14.3. The number of carbonyl (C=O) groups excluding carboxylic acids is 1. The van der Waals surface area contributed by atoms with Crippen molar-refractivity contribution in [2.24, 2.45) is 11.8 Å². The van der Waals surface area contributed by atoms with Crippen LogP contribution in [0.3, 0.4) is 0 Å². The highest BCUT2D eigenvalue weighted by Crippen LogP contribution is 2.46. The maximum Gasteiger partial charge on any atom is 0.255 e. The van der Waals surface area contributed by atoms with E-state index in [4.69, 9.17) is 0 Å². The van der Waals surface area contributed by atoms with Crippen LogP contribution < -0.4 is 0 Å². The molecule has 5 rings (SSSR count). The van der Waals surface area contributed by atoms with E-state index in [2.05, 4.69) is 20.4 Å². The molecule has 3 fully saturated rings. The molecular formula is C17H22N6O. The highest BCUT2D eigenvalue weighted by atomic mass is 16.2. The first-order valence-corrected chi connectivity index (χ1v) is 8.99. The normalized spacial score (nSPS) is 30.3. The number of aromatic nitrogens is 4. The van der Waals surface area contributed by atoms with Gasteiger partial charge in [-0.3, -0.25) is 9.69 Å². The average Bonchev–Trinajstić information content (AvgIpc) is 3.36. The Morgan fingerprint density at radius 2 is 1.96 bits per heavy atom. The van der Waals surface area contributed by atoms with Crippen LogP contribution in [0.2, 0.25) is 0 Å². The number of hydrogen-bond donors (Lipinski definition) is 0. The van der Waals surface area contributed by atoms with Gasteiger partial charge in [0.25, 0.3) is 5.91 Å². The molecule has 24 heavy (non-hydrogen) atoms. The summed E-state index contributed by atoms with van der Waals surface area (Å²) in [7, 11) is 0. The van der Waals surface area contributed by atoms with Crippen LogP contribution in [0.5, 0.6) is 0 Å². The van der Waals surface area contributed by atoms with Crippen LogP contribution in [0, 0.1) is 11.8 Å². The second-order valence-electron chi connectivity index (χ2n) is 7.47. The molecule has 126 valence electrons. The third kappa shape index (κ3) is 2.30. The molecule has 3 heterocycles. The molecule has 2 bridgehead atoms.